The zero-order valence-corrected chi connectivity index (χ0v) is 14.4. The monoisotopic (exact) mass is 308 g/mol. The maximum atomic E-state index is 5.99. The van der Waals surface area contributed by atoms with E-state index in [1.807, 2.05) is 12.1 Å². The summed E-state index contributed by atoms with van der Waals surface area (Å²) in [4.78, 5) is 2.68. The lowest BCUT2D eigenvalue weighted by molar-refractivity contribution is 0.0865. The predicted octanol–water partition coefficient (Wildman–Crippen LogP) is 4.13. The lowest BCUT2D eigenvalue weighted by Crippen LogP contribution is -2.58. The second-order valence-corrected chi connectivity index (χ2v) is 7.16. The minimum atomic E-state index is 0.165. The van der Waals surface area contributed by atoms with Crippen LogP contribution in [0, 0.1) is 0 Å². The van der Waals surface area contributed by atoms with Crippen molar-refractivity contribution in [3.05, 3.63) is 34.9 Å². The number of likely N-dealkylation sites (tertiary alicyclic amines) is 1. The van der Waals surface area contributed by atoms with Crippen molar-refractivity contribution in [2.75, 3.05) is 20.1 Å². The molecule has 1 aliphatic rings. The molecule has 1 saturated heterocycles. The zero-order chi connectivity index (χ0) is 15.3. The van der Waals surface area contributed by atoms with Gasteiger partial charge in [-0.3, -0.25) is 4.90 Å². The molecule has 1 aliphatic heterocycles. The quantitative estimate of drug-likeness (QED) is 0.880. The summed E-state index contributed by atoms with van der Waals surface area (Å²) in [6.45, 7) is 7.22. The maximum Gasteiger partial charge on any atom is 0.0406 e. The summed E-state index contributed by atoms with van der Waals surface area (Å²) in [5.74, 6) is 0. The summed E-state index contributed by atoms with van der Waals surface area (Å²) in [6, 6.07) is 8.71. The number of nitrogens with zero attached hydrogens (tertiary/aromatic N) is 1. The van der Waals surface area contributed by atoms with Crippen molar-refractivity contribution in [1.29, 1.82) is 0 Å². The molecular weight excluding hydrogens is 280 g/mol. The van der Waals surface area contributed by atoms with E-state index in [1.165, 1.54) is 44.3 Å². The molecule has 118 valence electrons. The van der Waals surface area contributed by atoms with Gasteiger partial charge in [0.05, 0.1) is 0 Å². The lowest BCUT2D eigenvalue weighted by Gasteiger charge is -2.44. The highest BCUT2D eigenvalue weighted by molar-refractivity contribution is 6.30. The molecule has 3 heteroatoms. The second kappa shape index (κ2) is 7.62. The van der Waals surface area contributed by atoms with Gasteiger partial charge in [0.25, 0.3) is 0 Å². The average Bonchev–Trinajstić information content (AvgIpc) is 2.76. The van der Waals surface area contributed by atoms with Gasteiger partial charge in [0.1, 0.15) is 0 Å². The van der Waals surface area contributed by atoms with Crippen LogP contribution >= 0.6 is 11.6 Å². The second-order valence-electron chi connectivity index (χ2n) is 6.73. The van der Waals surface area contributed by atoms with Gasteiger partial charge in [-0.2, -0.15) is 0 Å². The van der Waals surface area contributed by atoms with Crippen LogP contribution < -0.4 is 5.32 Å². The molecule has 0 saturated carbocycles. The molecule has 2 nitrogen and oxygen atoms in total. The van der Waals surface area contributed by atoms with E-state index in [9.17, 15) is 0 Å². The fourth-order valence-corrected chi connectivity index (χ4v) is 3.55. The topological polar surface area (TPSA) is 15.3 Å². The van der Waals surface area contributed by atoms with Crippen LogP contribution in [0.3, 0.4) is 0 Å². The lowest BCUT2D eigenvalue weighted by atomic mass is 9.87. The summed E-state index contributed by atoms with van der Waals surface area (Å²) < 4.78 is 0. The molecule has 1 atom stereocenters. The molecule has 0 spiro atoms. The highest BCUT2D eigenvalue weighted by Gasteiger charge is 2.34. The standard InChI is InChI=1S/C18H29ClN2/c1-18(2,21-12-6-4-5-7-13-21)17(20-3)14-15-8-10-16(19)11-9-15/h8-11,17,20H,4-7,12-14H2,1-3H3. The normalized spacial score (nSPS) is 19.2. The van der Waals surface area contributed by atoms with Gasteiger partial charge in [-0.15, -0.1) is 0 Å². The van der Waals surface area contributed by atoms with Gasteiger partial charge in [-0.25, -0.2) is 0 Å². The molecule has 1 aromatic rings. The smallest absolute Gasteiger partial charge is 0.0406 e. The molecule has 0 bridgehead atoms. The highest BCUT2D eigenvalue weighted by atomic mass is 35.5. The van der Waals surface area contributed by atoms with Gasteiger partial charge in [-0.1, -0.05) is 36.6 Å². The number of nitrogens with one attached hydrogen (secondary N) is 1. The Balaban J connectivity index is 2.08. The van der Waals surface area contributed by atoms with Gasteiger partial charge in [-0.05, 0) is 70.9 Å². The Hall–Kier alpha value is -0.570. The summed E-state index contributed by atoms with van der Waals surface area (Å²) in [7, 11) is 2.08. The van der Waals surface area contributed by atoms with Crippen molar-refractivity contribution in [3.63, 3.8) is 0 Å². The average molecular weight is 309 g/mol. The van der Waals surface area contributed by atoms with Crippen LogP contribution in [-0.2, 0) is 6.42 Å². The summed E-state index contributed by atoms with van der Waals surface area (Å²) >= 11 is 5.99. The largest absolute Gasteiger partial charge is 0.315 e. The molecule has 1 unspecified atom stereocenters. The van der Waals surface area contributed by atoms with Gasteiger partial charge in [0.2, 0.25) is 0 Å². The van der Waals surface area contributed by atoms with Gasteiger partial charge < -0.3 is 5.32 Å². The van der Waals surface area contributed by atoms with E-state index < -0.39 is 0 Å². The summed E-state index contributed by atoms with van der Waals surface area (Å²) in [6.07, 6.45) is 6.47. The Morgan fingerprint density at radius 3 is 2.19 bits per heavy atom. The van der Waals surface area contributed by atoms with Crippen LogP contribution in [0.15, 0.2) is 24.3 Å². The molecule has 0 radical (unpaired) electrons. The Bertz CT molecular complexity index is 419. The maximum absolute atomic E-state index is 5.99. The van der Waals surface area contributed by atoms with Crippen LogP contribution in [0.25, 0.3) is 0 Å². The molecule has 0 aliphatic carbocycles. The highest BCUT2D eigenvalue weighted by Crippen LogP contribution is 2.25. The van der Waals surface area contributed by atoms with Gasteiger partial charge >= 0.3 is 0 Å². The van der Waals surface area contributed by atoms with Crippen molar-refractivity contribution in [1.82, 2.24) is 10.2 Å². The van der Waals surface area contributed by atoms with Gasteiger partial charge in [0, 0.05) is 16.6 Å². The van der Waals surface area contributed by atoms with Crippen LogP contribution in [0.5, 0.6) is 0 Å². The van der Waals surface area contributed by atoms with Gasteiger partial charge in [0.15, 0.2) is 0 Å². The fraction of sp³-hybridized carbons (Fsp3) is 0.667. The number of hydrogen-bond donors (Lipinski definition) is 1. The number of benzene rings is 1. The Kier molecular flexibility index (Phi) is 6.09. The minimum Gasteiger partial charge on any atom is -0.315 e. The first-order valence-electron chi connectivity index (χ1n) is 8.21. The first-order chi connectivity index (χ1) is 10.0. The minimum absolute atomic E-state index is 0.165. The summed E-state index contributed by atoms with van der Waals surface area (Å²) in [5, 5.41) is 4.36. The van der Waals surface area contributed by atoms with Crippen molar-refractivity contribution in [2.24, 2.45) is 0 Å². The first-order valence-corrected chi connectivity index (χ1v) is 8.58. The number of likely N-dealkylation sites (N-methyl/N-ethyl adjacent to an activating group) is 1. The number of halogens is 1. The van der Waals surface area contributed by atoms with Crippen LogP contribution in [0.1, 0.15) is 45.1 Å². The number of rotatable bonds is 5. The Labute approximate surface area is 134 Å². The van der Waals surface area contributed by atoms with Crippen molar-refractivity contribution in [3.8, 4) is 0 Å². The van der Waals surface area contributed by atoms with E-state index >= 15 is 0 Å². The predicted molar refractivity (Wildman–Crippen MR) is 92.1 cm³/mol. The Morgan fingerprint density at radius 2 is 1.67 bits per heavy atom. The van der Waals surface area contributed by atoms with Crippen LogP contribution in [0.4, 0.5) is 0 Å². The van der Waals surface area contributed by atoms with E-state index in [1.54, 1.807) is 0 Å². The number of hydrogen-bond acceptors (Lipinski definition) is 2. The third-order valence-corrected chi connectivity index (χ3v) is 5.23. The van der Waals surface area contributed by atoms with Crippen LogP contribution in [0.2, 0.25) is 5.02 Å². The van der Waals surface area contributed by atoms with E-state index in [4.69, 9.17) is 11.6 Å². The molecule has 1 fully saturated rings. The third kappa shape index (κ3) is 4.45. The van der Waals surface area contributed by atoms with Crippen LogP contribution in [-0.4, -0.2) is 36.6 Å². The Morgan fingerprint density at radius 1 is 1.10 bits per heavy atom. The zero-order valence-electron chi connectivity index (χ0n) is 13.7. The third-order valence-electron chi connectivity index (χ3n) is 4.98. The molecule has 21 heavy (non-hydrogen) atoms. The van der Waals surface area contributed by atoms with E-state index in [0.717, 1.165) is 11.4 Å². The molecule has 0 aromatic heterocycles. The molecule has 1 heterocycles. The fourth-order valence-electron chi connectivity index (χ4n) is 3.43. The molecule has 2 rings (SSSR count). The SMILES string of the molecule is CNC(Cc1ccc(Cl)cc1)C(C)(C)N1CCCCCC1. The molecular formula is C18H29ClN2. The molecule has 1 aromatic carbocycles. The van der Waals surface area contributed by atoms with Crippen molar-refractivity contribution in [2.45, 2.75) is 57.5 Å². The van der Waals surface area contributed by atoms with Crippen molar-refractivity contribution >= 4 is 11.6 Å². The first kappa shape index (κ1) is 16.8. The molecule has 1 N–H and O–H groups in total. The van der Waals surface area contributed by atoms with E-state index in [2.05, 4.69) is 43.2 Å². The van der Waals surface area contributed by atoms with E-state index in [0.29, 0.717) is 6.04 Å². The summed E-state index contributed by atoms with van der Waals surface area (Å²) in [5.41, 5.74) is 1.51. The van der Waals surface area contributed by atoms with Crippen molar-refractivity contribution < 1.29 is 0 Å². The van der Waals surface area contributed by atoms with E-state index in [-0.39, 0.29) is 5.54 Å². The molecule has 0 amide bonds.